The predicted octanol–water partition coefficient (Wildman–Crippen LogP) is 9.14. The molecule has 0 radical (unpaired) electrons. The van der Waals surface area contributed by atoms with Gasteiger partial charge in [-0.15, -0.1) is 0 Å². The van der Waals surface area contributed by atoms with Crippen LogP contribution in [0.3, 0.4) is 0 Å². The van der Waals surface area contributed by atoms with E-state index in [2.05, 4.69) is 85.6 Å². The number of anilines is 5. The third kappa shape index (κ3) is 20.3. The second-order valence-electron chi connectivity index (χ2n) is 25.1. The molecule has 1 aliphatic carbocycles. The van der Waals surface area contributed by atoms with E-state index in [-0.39, 0.29) is 6.03 Å². The highest BCUT2D eigenvalue weighted by Crippen LogP contribution is 2.33. The summed E-state index contributed by atoms with van der Waals surface area (Å²) in [4.78, 5) is 49.0. The minimum absolute atomic E-state index is 0.182. The number of amides is 2. The molecule has 2 amide bonds. The maximum absolute atomic E-state index is 12.1. The molecule has 26 nitrogen and oxygen atoms in total. The number of nitrogens with two attached hydrogens (primary N) is 4. The van der Waals surface area contributed by atoms with Crippen LogP contribution < -0.4 is 49.5 Å². The van der Waals surface area contributed by atoms with E-state index in [1.165, 1.54) is 12.0 Å². The standard InChI is InChI=1S/C24H32N6O2.3C16H27N5O/c1-32-16-13-20-29-21-22(18-11-5-6-12-19(18)28-23(21)25)30(20)15-8-7-14-26-24(31)27-17-9-3-2-4-10-17;3*1-11-12(2)19-16(17)14-15(11)21(9-6-5-8-18-3)13(20-14)7-10-22-4/h2-4,9-10H,5-8,11-16H2,1H3,(H2,25,28)(H2,26,27,31);3*18H,5-10H2,1-4H3,(H2,17,19). The average molecular weight is 1350 g/mol. The molecule has 26 heteroatoms. The molecule has 8 aromatic heterocycles. The highest BCUT2D eigenvalue weighted by atomic mass is 16.5. The summed E-state index contributed by atoms with van der Waals surface area (Å²) in [5.74, 6) is 6.17. The fraction of sp³-hybridized carbons (Fsp3) is 0.569. The third-order valence-corrected chi connectivity index (χ3v) is 18.1. The molecule has 0 bridgehead atoms. The molecule has 0 spiro atoms. The van der Waals surface area contributed by atoms with Crippen LogP contribution in [0.25, 0.3) is 44.1 Å². The molecule has 0 atom stereocenters. The van der Waals surface area contributed by atoms with Crippen LogP contribution in [-0.2, 0) is 83.7 Å². The number of fused-ring (bicyclic) bond motifs is 6. The normalized spacial score (nSPS) is 12.0. The summed E-state index contributed by atoms with van der Waals surface area (Å²) >= 11 is 0. The number of hydrogen-bond acceptors (Lipinski definition) is 20. The molecule has 98 heavy (non-hydrogen) atoms. The number of nitrogen functional groups attached to an aromatic ring is 4. The SMILES string of the molecule is CNCCCCn1c(CCOC)nc2c(N)nc(C)c(C)c21.CNCCCCn1c(CCOC)nc2c(N)nc(C)c(C)c21.CNCCCCn1c(CCOC)nc2c(N)nc(C)c(C)c21.COCCc1nc2c(N)nc3c(c2n1CCCCNC(=O)Nc1ccccc1)CCCC3. The molecular weight excluding hydrogens is 1240 g/mol. The number of unbranched alkanes of at least 4 members (excludes halogenated alkanes) is 4. The first kappa shape index (κ1) is 77.2. The lowest BCUT2D eigenvalue weighted by Gasteiger charge is -2.18. The molecule has 13 N–H and O–H groups in total. The third-order valence-electron chi connectivity index (χ3n) is 18.1. The van der Waals surface area contributed by atoms with Gasteiger partial charge in [0, 0.05) is 115 Å². The van der Waals surface area contributed by atoms with Crippen molar-refractivity contribution in [2.45, 2.75) is 170 Å². The maximum atomic E-state index is 12.1. The number of nitrogens with one attached hydrogen (secondary N) is 5. The molecular formula is C72H113N21O5. The number of hydrogen-bond donors (Lipinski definition) is 9. The van der Waals surface area contributed by atoms with Crippen molar-refractivity contribution in [2.24, 2.45) is 0 Å². The van der Waals surface area contributed by atoms with Gasteiger partial charge in [-0.3, -0.25) is 0 Å². The smallest absolute Gasteiger partial charge is 0.319 e. The van der Waals surface area contributed by atoms with E-state index in [9.17, 15) is 4.79 Å². The van der Waals surface area contributed by atoms with Gasteiger partial charge >= 0.3 is 6.03 Å². The average Bonchev–Trinajstić information content (AvgIpc) is 1.62. The number of rotatable bonds is 33. The Balaban J connectivity index is 0.000000187. The van der Waals surface area contributed by atoms with Gasteiger partial charge in [0.2, 0.25) is 0 Å². The van der Waals surface area contributed by atoms with Crippen molar-refractivity contribution in [1.82, 2.24) is 79.4 Å². The number of aromatic nitrogens is 12. The van der Waals surface area contributed by atoms with Gasteiger partial charge in [-0.05, 0) is 194 Å². The number of nitrogens with zero attached hydrogens (tertiary/aromatic N) is 12. The quantitative estimate of drug-likeness (QED) is 0.0173. The summed E-state index contributed by atoms with van der Waals surface area (Å²) in [7, 11) is 12.8. The summed E-state index contributed by atoms with van der Waals surface area (Å²) in [5.41, 5.74) is 42.0. The minimum atomic E-state index is -0.182. The molecule has 8 heterocycles. The topological polar surface area (TPSA) is 341 Å². The van der Waals surface area contributed by atoms with E-state index in [4.69, 9.17) is 61.8 Å². The van der Waals surface area contributed by atoms with Gasteiger partial charge in [-0.1, -0.05) is 18.2 Å². The number of benzene rings is 1. The van der Waals surface area contributed by atoms with E-state index in [1.807, 2.05) is 72.2 Å². The van der Waals surface area contributed by atoms with Crippen LogP contribution in [0, 0.1) is 41.5 Å². The summed E-state index contributed by atoms with van der Waals surface area (Å²) in [6.45, 7) is 22.2. The van der Waals surface area contributed by atoms with Crippen LogP contribution in [-0.4, -0.2) is 166 Å². The molecule has 0 saturated carbocycles. The van der Waals surface area contributed by atoms with Crippen LogP contribution >= 0.6 is 0 Å². The molecule has 0 aliphatic heterocycles. The first-order valence-electron chi connectivity index (χ1n) is 35.0. The number of pyridine rings is 4. The van der Waals surface area contributed by atoms with Crippen LogP contribution in [0.2, 0.25) is 0 Å². The lowest BCUT2D eigenvalue weighted by Crippen LogP contribution is -2.29. The molecule has 1 aliphatic rings. The van der Waals surface area contributed by atoms with E-state index in [0.29, 0.717) is 56.2 Å². The van der Waals surface area contributed by atoms with E-state index < -0.39 is 0 Å². The van der Waals surface area contributed by atoms with Crippen molar-refractivity contribution in [3.05, 3.63) is 98.7 Å². The zero-order chi connectivity index (χ0) is 70.7. The number of methoxy groups -OCH3 is 4. The summed E-state index contributed by atoms with van der Waals surface area (Å²) < 4.78 is 30.1. The molecule has 9 aromatic rings. The number of urea groups is 1. The van der Waals surface area contributed by atoms with Crippen molar-refractivity contribution in [3.63, 3.8) is 0 Å². The van der Waals surface area contributed by atoms with Gasteiger partial charge in [-0.25, -0.2) is 44.7 Å². The number of carbonyl (C=O) groups is 1. The monoisotopic (exact) mass is 1350 g/mol. The first-order valence-corrected chi connectivity index (χ1v) is 35.0. The van der Waals surface area contributed by atoms with Gasteiger partial charge in [0.1, 0.15) is 45.4 Å². The Morgan fingerprint density at radius 1 is 0.429 bits per heavy atom. The van der Waals surface area contributed by atoms with Crippen molar-refractivity contribution >= 4 is 79.1 Å². The van der Waals surface area contributed by atoms with Crippen LogP contribution in [0.1, 0.15) is 133 Å². The Kier molecular flexibility index (Phi) is 31.1. The van der Waals surface area contributed by atoms with Gasteiger partial charge in [0.05, 0.1) is 48.5 Å². The van der Waals surface area contributed by atoms with Crippen LogP contribution in [0.5, 0.6) is 0 Å². The lowest BCUT2D eigenvalue weighted by molar-refractivity contribution is 0.199. The fourth-order valence-electron chi connectivity index (χ4n) is 12.6. The lowest BCUT2D eigenvalue weighted by atomic mass is 9.95. The Morgan fingerprint density at radius 2 is 0.755 bits per heavy atom. The molecule has 0 fully saturated rings. The Morgan fingerprint density at radius 3 is 1.11 bits per heavy atom. The molecule has 10 rings (SSSR count). The van der Waals surface area contributed by atoms with Crippen molar-refractivity contribution < 1.29 is 23.7 Å². The van der Waals surface area contributed by atoms with Crippen molar-refractivity contribution in [2.75, 3.05) is 130 Å². The van der Waals surface area contributed by atoms with Crippen molar-refractivity contribution in [1.29, 1.82) is 0 Å². The summed E-state index contributed by atoms with van der Waals surface area (Å²) in [6, 6.07) is 9.27. The fourth-order valence-corrected chi connectivity index (χ4v) is 12.6. The van der Waals surface area contributed by atoms with E-state index >= 15 is 0 Å². The number of ether oxygens (including phenoxy) is 4. The summed E-state index contributed by atoms with van der Waals surface area (Å²) in [5, 5.41) is 15.3. The minimum Gasteiger partial charge on any atom is -0.384 e. The summed E-state index contributed by atoms with van der Waals surface area (Å²) in [6.07, 6.45) is 15.9. The Bertz CT molecular complexity index is 3700. The largest absolute Gasteiger partial charge is 0.384 e. The Hall–Kier alpha value is -8.11. The van der Waals surface area contributed by atoms with E-state index in [0.717, 1.165) is 255 Å². The number of imidazole rings is 4. The molecule has 1 aromatic carbocycles. The molecule has 0 saturated heterocycles. The van der Waals surface area contributed by atoms with Crippen molar-refractivity contribution in [3.8, 4) is 0 Å². The van der Waals surface area contributed by atoms with Crippen LogP contribution in [0.15, 0.2) is 30.3 Å². The first-order chi connectivity index (χ1) is 47.5. The van der Waals surface area contributed by atoms with Gasteiger partial charge in [-0.2, -0.15) is 0 Å². The second kappa shape index (κ2) is 39.5. The van der Waals surface area contributed by atoms with Gasteiger partial charge in [0.15, 0.2) is 23.3 Å². The zero-order valence-electron chi connectivity index (χ0n) is 60.9. The number of carbonyl (C=O) groups excluding carboxylic acids is 1. The maximum Gasteiger partial charge on any atom is 0.319 e. The second-order valence-corrected chi connectivity index (χ2v) is 25.1. The predicted molar refractivity (Wildman–Crippen MR) is 397 cm³/mol. The highest BCUT2D eigenvalue weighted by Gasteiger charge is 2.24. The zero-order valence-corrected chi connectivity index (χ0v) is 60.9. The molecule has 536 valence electrons. The van der Waals surface area contributed by atoms with E-state index in [1.54, 1.807) is 28.4 Å². The van der Waals surface area contributed by atoms with Gasteiger partial charge in [0.25, 0.3) is 0 Å². The Labute approximate surface area is 579 Å². The molecule has 0 unspecified atom stereocenters. The van der Waals surface area contributed by atoms with Gasteiger partial charge < -0.3 is 86.7 Å². The number of para-hydroxylation sites is 1. The number of aryl methyl sites for hydroxylation is 12. The highest BCUT2D eigenvalue weighted by molar-refractivity contribution is 5.92. The van der Waals surface area contributed by atoms with Crippen LogP contribution in [0.4, 0.5) is 33.8 Å².